The maximum atomic E-state index is 12.5. The van der Waals surface area contributed by atoms with Crippen molar-refractivity contribution in [2.45, 2.75) is 31.0 Å². The minimum atomic E-state index is 0.165. The zero-order chi connectivity index (χ0) is 18.5. The lowest BCUT2D eigenvalue weighted by Gasteiger charge is -2.26. The Bertz CT molecular complexity index is 873. The number of hydrogen-bond donors (Lipinski definition) is 0. The highest BCUT2D eigenvalue weighted by Gasteiger charge is 2.20. The third-order valence-electron chi connectivity index (χ3n) is 4.58. The molecule has 3 aromatic heterocycles. The van der Waals surface area contributed by atoms with E-state index in [1.807, 2.05) is 33.7 Å². The molecular weight excluding hydrogens is 362 g/mol. The van der Waals surface area contributed by atoms with E-state index in [-0.39, 0.29) is 5.91 Å². The largest absolute Gasteiger partial charge is 0.467 e. The molecule has 0 unspecified atom stereocenters. The van der Waals surface area contributed by atoms with E-state index >= 15 is 0 Å². The molecule has 0 N–H and O–H groups in total. The Kier molecular flexibility index (Phi) is 5.53. The predicted octanol–water partition coefficient (Wildman–Crippen LogP) is 3.09. The fraction of sp³-hybridized carbons (Fsp3) is 0.368. The predicted molar refractivity (Wildman–Crippen MR) is 102 cm³/mol. The first-order valence-corrected chi connectivity index (χ1v) is 10.1. The molecule has 8 heteroatoms. The van der Waals surface area contributed by atoms with Crippen LogP contribution in [0.25, 0.3) is 11.4 Å². The van der Waals surface area contributed by atoms with E-state index in [2.05, 4.69) is 15.2 Å². The van der Waals surface area contributed by atoms with Gasteiger partial charge in [-0.25, -0.2) is 0 Å². The lowest BCUT2D eigenvalue weighted by Crippen LogP contribution is -2.36. The van der Waals surface area contributed by atoms with Crippen molar-refractivity contribution < 1.29 is 9.21 Å². The van der Waals surface area contributed by atoms with Gasteiger partial charge >= 0.3 is 0 Å². The number of hydrogen-bond acceptors (Lipinski definition) is 6. The number of carbonyl (C=O) groups is 1. The first kappa shape index (κ1) is 17.8. The van der Waals surface area contributed by atoms with Gasteiger partial charge in [-0.15, -0.1) is 10.2 Å². The summed E-state index contributed by atoms with van der Waals surface area (Å²) in [5, 5.41) is 9.40. The Morgan fingerprint density at radius 1 is 1.11 bits per heavy atom. The SMILES string of the molecule is O=C(CSc1nnc(-c2ccncc2)n1Cc1ccco1)N1CCCCC1. The minimum Gasteiger partial charge on any atom is -0.467 e. The molecule has 1 fully saturated rings. The number of carbonyl (C=O) groups excluding carboxylic acids is 1. The van der Waals surface area contributed by atoms with Crippen molar-refractivity contribution in [3.63, 3.8) is 0 Å². The molecular formula is C19H21N5O2S. The summed E-state index contributed by atoms with van der Waals surface area (Å²) in [4.78, 5) is 18.5. The Morgan fingerprint density at radius 2 is 1.93 bits per heavy atom. The fourth-order valence-corrected chi connectivity index (χ4v) is 4.01. The average molecular weight is 383 g/mol. The normalized spacial score (nSPS) is 14.4. The lowest BCUT2D eigenvalue weighted by molar-refractivity contribution is -0.129. The second-order valence-corrected chi connectivity index (χ2v) is 7.38. The maximum Gasteiger partial charge on any atom is 0.233 e. The molecule has 0 atom stereocenters. The molecule has 4 rings (SSSR count). The van der Waals surface area contributed by atoms with Gasteiger partial charge in [0.2, 0.25) is 5.91 Å². The van der Waals surface area contributed by atoms with E-state index in [4.69, 9.17) is 4.42 Å². The van der Waals surface area contributed by atoms with Crippen LogP contribution >= 0.6 is 11.8 Å². The van der Waals surface area contributed by atoms with Gasteiger partial charge in [0.1, 0.15) is 5.76 Å². The molecule has 0 spiro atoms. The van der Waals surface area contributed by atoms with Gasteiger partial charge < -0.3 is 9.32 Å². The van der Waals surface area contributed by atoms with Gasteiger partial charge in [0.25, 0.3) is 0 Å². The van der Waals surface area contributed by atoms with Crippen LogP contribution in [0.5, 0.6) is 0 Å². The molecule has 1 amide bonds. The number of amides is 1. The van der Waals surface area contributed by atoms with Gasteiger partial charge in [0.15, 0.2) is 11.0 Å². The number of nitrogens with zero attached hydrogens (tertiary/aromatic N) is 5. The monoisotopic (exact) mass is 383 g/mol. The summed E-state index contributed by atoms with van der Waals surface area (Å²) in [5.41, 5.74) is 0.929. The van der Waals surface area contributed by atoms with Crippen molar-refractivity contribution in [1.82, 2.24) is 24.6 Å². The van der Waals surface area contributed by atoms with E-state index in [0.29, 0.717) is 17.5 Å². The van der Waals surface area contributed by atoms with Gasteiger partial charge in [-0.2, -0.15) is 0 Å². The highest BCUT2D eigenvalue weighted by molar-refractivity contribution is 7.99. The van der Waals surface area contributed by atoms with Crippen molar-refractivity contribution in [2.75, 3.05) is 18.8 Å². The Balaban J connectivity index is 1.54. The van der Waals surface area contributed by atoms with Crippen molar-refractivity contribution in [1.29, 1.82) is 0 Å². The third kappa shape index (κ3) is 4.21. The molecule has 1 aliphatic rings. The summed E-state index contributed by atoms with van der Waals surface area (Å²) >= 11 is 1.43. The molecule has 4 heterocycles. The molecule has 1 saturated heterocycles. The highest BCUT2D eigenvalue weighted by atomic mass is 32.2. The van der Waals surface area contributed by atoms with Crippen LogP contribution in [0.3, 0.4) is 0 Å². The van der Waals surface area contributed by atoms with Crippen LogP contribution in [0.4, 0.5) is 0 Å². The average Bonchev–Trinajstić information content (AvgIpc) is 3.38. The quantitative estimate of drug-likeness (QED) is 0.609. The number of furan rings is 1. The third-order valence-corrected chi connectivity index (χ3v) is 5.53. The van der Waals surface area contributed by atoms with Gasteiger partial charge in [0, 0.05) is 31.0 Å². The number of pyridine rings is 1. The van der Waals surface area contributed by atoms with Gasteiger partial charge in [0.05, 0.1) is 18.6 Å². The summed E-state index contributed by atoms with van der Waals surface area (Å²) in [6.07, 6.45) is 8.51. The van der Waals surface area contributed by atoms with Crippen molar-refractivity contribution in [2.24, 2.45) is 0 Å². The number of piperidine rings is 1. The summed E-state index contributed by atoms with van der Waals surface area (Å²) in [5.74, 6) is 2.08. The van der Waals surface area contributed by atoms with E-state index < -0.39 is 0 Å². The van der Waals surface area contributed by atoms with E-state index in [1.165, 1.54) is 18.2 Å². The number of likely N-dealkylation sites (tertiary alicyclic amines) is 1. The molecule has 0 saturated carbocycles. The molecule has 3 aromatic rings. The molecule has 7 nitrogen and oxygen atoms in total. The number of rotatable bonds is 6. The second-order valence-electron chi connectivity index (χ2n) is 6.44. The van der Waals surface area contributed by atoms with Crippen LogP contribution in [0.2, 0.25) is 0 Å². The summed E-state index contributed by atoms with van der Waals surface area (Å²) in [7, 11) is 0. The smallest absolute Gasteiger partial charge is 0.233 e. The van der Waals surface area contributed by atoms with E-state index in [9.17, 15) is 4.79 Å². The lowest BCUT2D eigenvalue weighted by atomic mass is 10.1. The Morgan fingerprint density at radius 3 is 2.67 bits per heavy atom. The summed E-state index contributed by atoms with van der Waals surface area (Å²) in [6, 6.07) is 7.58. The van der Waals surface area contributed by atoms with Crippen molar-refractivity contribution in [3.05, 3.63) is 48.7 Å². The van der Waals surface area contributed by atoms with Crippen molar-refractivity contribution >= 4 is 17.7 Å². The van der Waals surface area contributed by atoms with Crippen LogP contribution < -0.4 is 0 Å². The minimum absolute atomic E-state index is 0.165. The van der Waals surface area contributed by atoms with Crippen LogP contribution in [-0.4, -0.2) is 49.4 Å². The molecule has 0 radical (unpaired) electrons. The zero-order valence-electron chi connectivity index (χ0n) is 15.0. The fourth-order valence-electron chi connectivity index (χ4n) is 3.17. The summed E-state index contributed by atoms with van der Waals surface area (Å²) in [6.45, 7) is 2.24. The van der Waals surface area contributed by atoms with Gasteiger partial charge in [-0.05, 0) is 43.5 Å². The molecule has 27 heavy (non-hydrogen) atoms. The van der Waals surface area contributed by atoms with Crippen LogP contribution in [0.15, 0.2) is 52.5 Å². The number of aromatic nitrogens is 4. The molecule has 0 bridgehead atoms. The zero-order valence-corrected chi connectivity index (χ0v) is 15.8. The van der Waals surface area contributed by atoms with E-state index in [1.54, 1.807) is 18.7 Å². The number of thioether (sulfide) groups is 1. The van der Waals surface area contributed by atoms with Crippen LogP contribution in [0, 0.1) is 0 Å². The van der Waals surface area contributed by atoms with Gasteiger partial charge in [-0.1, -0.05) is 11.8 Å². The maximum absolute atomic E-state index is 12.5. The Labute approximate surface area is 161 Å². The molecule has 0 aromatic carbocycles. The second kappa shape index (κ2) is 8.39. The molecule has 140 valence electrons. The summed E-state index contributed by atoms with van der Waals surface area (Å²) < 4.78 is 7.49. The van der Waals surface area contributed by atoms with E-state index in [0.717, 1.165) is 43.1 Å². The first-order chi connectivity index (χ1) is 13.3. The first-order valence-electron chi connectivity index (χ1n) is 9.08. The van der Waals surface area contributed by atoms with Crippen LogP contribution in [0.1, 0.15) is 25.0 Å². The standard InChI is InChI=1S/C19H21N5O2S/c25-17(23-10-2-1-3-11-23)14-27-19-22-21-18(15-6-8-20-9-7-15)24(19)13-16-5-4-12-26-16/h4-9,12H,1-3,10-11,13-14H2. The van der Waals surface area contributed by atoms with Crippen molar-refractivity contribution in [3.8, 4) is 11.4 Å². The van der Waals surface area contributed by atoms with Gasteiger partial charge in [-0.3, -0.25) is 14.3 Å². The molecule has 1 aliphatic heterocycles. The topological polar surface area (TPSA) is 77.0 Å². The molecule has 0 aliphatic carbocycles. The Hall–Kier alpha value is -2.61. The highest BCUT2D eigenvalue weighted by Crippen LogP contribution is 2.25. The van der Waals surface area contributed by atoms with Crippen LogP contribution in [-0.2, 0) is 11.3 Å².